The molecule has 5 heterocycles. The van der Waals surface area contributed by atoms with Crippen molar-refractivity contribution in [2.45, 2.75) is 25.0 Å². The second-order valence-corrected chi connectivity index (χ2v) is 6.61. The number of hydrogen-bond donors (Lipinski definition) is 0. The summed E-state index contributed by atoms with van der Waals surface area (Å²) in [6, 6.07) is 1.79. The van der Waals surface area contributed by atoms with Gasteiger partial charge >= 0.3 is 0 Å². The van der Waals surface area contributed by atoms with E-state index >= 15 is 0 Å². The fourth-order valence-corrected chi connectivity index (χ4v) is 4.35. The second kappa shape index (κ2) is 4.25. The van der Waals surface area contributed by atoms with Gasteiger partial charge in [-0.2, -0.15) is 0 Å². The molecule has 114 valence electrons. The highest BCUT2D eigenvalue weighted by Gasteiger charge is 2.53. The van der Waals surface area contributed by atoms with E-state index in [1.54, 1.807) is 24.0 Å². The molecular weight excluding hydrogens is 282 g/mol. The summed E-state index contributed by atoms with van der Waals surface area (Å²) in [5, 5.41) is 7.97. The SMILES string of the molecule is Cn1nnc2cc(C(=O)N3C[C@@H]4[C@H](C3)[C@H]3CC[C@@H]4O3)cnc21. The summed E-state index contributed by atoms with van der Waals surface area (Å²) >= 11 is 0. The molecule has 0 unspecified atom stereocenters. The lowest BCUT2D eigenvalue weighted by Crippen LogP contribution is -2.31. The third-order valence-corrected chi connectivity index (χ3v) is 5.43. The van der Waals surface area contributed by atoms with Crippen molar-refractivity contribution in [3.63, 3.8) is 0 Å². The molecule has 22 heavy (non-hydrogen) atoms. The average Bonchev–Trinajstić information content (AvgIpc) is 3.27. The summed E-state index contributed by atoms with van der Waals surface area (Å²) in [6.07, 6.45) is 4.68. The van der Waals surface area contributed by atoms with E-state index in [9.17, 15) is 4.79 Å². The summed E-state index contributed by atoms with van der Waals surface area (Å²) in [7, 11) is 1.79. The van der Waals surface area contributed by atoms with Gasteiger partial charge in [-0.25, -0.2) is 9.67 Å². The Bertz CT molecular complexity index is 754. The van der Waals surface area contributed by atoms with E-state index in [4.69, 9.17) is 4.74 Å². The van der Waals surface area contributed by atoms with Crippen LogP contribution < -0.4 is 0 Å². The molecule has 3 saturated heterocycles. The summed E-state index contributed by atoms with van der Waals surface area (Å²) in [4.78, 5) is 19.0. The first-order valence-corrected chi connectivity index (χ1v) is 7.81. The maximum atomic E-state index is 12.8. The van der Waals surface area contributed by atoms with Gasteiger partial charge in [-0.1, -0.05) is 5.21 Å². The molecule has 0 spiro atoms. The van der Waals surface area contributed by atoms with Crippen molar-refractivity contribution in [2.24, 2.45) is 18.9 Å². The van der Waals surface area contributed by atoms with Crippen LogP contribution in [0.3, 0.4) is 0 Å². The van der Waals surface area contributed by atoms with Gasteiger partial charge in [-0.3, -0.25) is 4.79 Å². The number of aromatic nitrogens is 4. The molecule has 7 nitrogen and oxygen atoms in total. The van der Waals surface area contributed by atoms with Crippen LogP contribution in [0, 0.1) is 11.8 Å². The second-order valence-electron chi connectivity index (χ2n) is 6.61. The largest absolute Gasteiger partial charge is 0.374 e. The van der Waals surface area contributed by atoms with Gasteiger partial charge in [0.1, 0.15) is 5.52 Å². The van der Waals surface area contributed by atoms with E-state index in [2.05, 4.69) is 15.3 Å². The molecule has 7 heteroatoms. The first-order chi connectivity index (χ1) is 10.7. The smallest absolute Gasteiger partial charge is 0.255 e. The van der Waals surface area contributed by atoms with Gasteiger partial charge in [0.15, 0.2) is 5.65 Å². The number of rotatable bonds is 1. The number of fused-ring (bicyclic) bond motifs is 6. The number of carbonyl (C=O) groups is 1. The van der Waals surface area contributed by atoms with Gasteiger partial charge in [0.2, 0.25) is 0 Å². The van der Waals surface area contributed by atoms with Crippen LogP contribution in [0.1, 0.15) is 23.2 Å². The predicted octanol–water partition coefficient (Wildman–Crippen LogP) is 0.613. The van der Waals surface area contributed by atoms with Crippen molar-refractivity contribution in [1.29, 1.82) is 0 Å². The number of nitrogens with zero attached hydrogens (tertiary/aromatic N) is 5. The topological polar surface area (TPSA) is 73.1 Å². The monoisotopic (exact) mass is 299 g/mol. The molecule has 0 N–H and O–H groups in total. The molecule has 5 rings (SSSR count). The Morgan fingerprint density at radius 1 is 1.27 bits per heavy atom. The van der Waals surface area contributed by atoms with Crippen molar-refractivity contribution in [3.8, 4) is 0 Å². The highest BCUT2D eigenvalue weighted by molar-refractivity contribution is 5.96. The normalized spacial score (nSPS) is 32.9. The molecule has 0 radical (unpaired) electrons. The van der Waals surface area contributed by atoms with Crippen LogP contribution in [0.2, 0.25) is 0 Å². The van der Waals surface area contributed by atoms with Gasteiger partial charge in [-0.15, -0.1) is 5.10 Å². The third kappa shape index (κ3) is 1.60. The Hall–Kier alpha value is -2.02. The van der Waals surface area contributed by atoms with Crippen LogP contribution in [-0.4, -0.2) is 56.1 Å². The van der Waals surface area contributed by atoms with E-state index in [-0.39, 0.29) is 5.91 Å². The highest BCUT2D eigenvalue weighted by Crippen LogP contribution is 2.47. The fraction of sp³-hybridized carbons (Fsp3) is 0.600. The van der Waals surface area contributed by atoms with Crippen molar-refractivity contribution in [3.05, 3.63) is 17.8 Å². The summed E-state index contributed by atoms with van der Waals surface area (Å²) in [5.41, 5.74) is 1.96. The molecule has 3 aliphatic rings. The minimum Gasteiger partial charge on any atom is -0.374 e. The Balaban J connectivity index is 1.42. The summed E-state index contributed by atoms with van der Waals surface area (Å²) in [6.45, 7) is 1.62. The van der Waals surface area contributed by atoms with Crippen LogP contribution in [-0.2, 0) is 11.8 Å². The van der Waals surface area contributed by atoms with Gasteiger partial charge in [-0.05, 0) is 18.9 Å². The van der Waals surface area contributed by atoms with Crippen LogP contribution in [0.4, 0.5) is 0 Å². The number of aryl methyl sites for hydroxylation is 1. The molecular formula is C15H17N5O2. The lowest BCUT2D eigenvalue weighted by atomic mass is 9.82. The van der Waals surface area contributed by atoms with Gasteiger partial charge < -0.3 is 9.64 Å². The molecule has 0 aliphatic carbocycles. The number of amides is 1. The maximum absolute atomic E-state index is 12.8. The fourth-order valence-electron chi connectivity index (χ4n) is 4.35. The quantitative estimate of drug-likeness (QED) is 0.771. The first-order valence-electron chi connectivity index (χ1n) is 7.81. The maximum Gasteiger partial charge on any atom is 0.255 e. The number of ether oxygens (including phenoxy) is 1. The van der Waals surface area contributed by atoms with Crippen LogP contribution in [0.25, 0.3) is 11.2 Å². The first kappa shape index (κ1) is 12.5. The van der Waals surface area contributed by atoms with Crippen LogP contribution in [0.15, 0.2) is 12.3 Å². The van der Waals surface area contributed by atoms with E-state index in [0.717, 1.165) is 25.9 Å². The molecule has 0 aromatic carbocycles. The molecule has 3 fully saturated rings. The van der Waals surface area contributed by atoms with E-state index in [1.165, 1.54) is 0 Å². The van der Waals surface area contributed by atoms with E-state index in [0.29, 0.717) is 40.8 Å². The number of pyridine rings is 1. The molecule has 2 aromatic heterocycles. The van der Waals surface area contributed by atoms with Crippen molar-refractivity contribution in [2.75, 3.05) is 13.1 Å². The Morgan fingerprint density at radius 3 is 2.73 bits per heavy atom. The van der Waals surface area contributed by atoms with E-state index < -0.39 is 0 Å². The zero-order chi connectivity index (χ0) is 14.8. The lowest BCUT2D eigenvalue weighted by Gasteiger charge is -2.18. The Kier molecular flexibility index (Phi) is 2.42. The number of likely N-dealkylation sites (tertiary alicyclic amines) is 1. The number of carbonyl (C=O) groups excluding carboxylic acids is 1. The standard InChI is InChI=1S/C15H17N5O2/c1-19-14-11(17-18-19)4-8(5-16-14)15(21)20-6-9-10(7-20)13-3-2-12(9)22-13/h4-5,9-10,12-13H,2-3,6-7H2,1H3/t9-,10+,12+,13-. The third-order valence-electron chi connectivity index (χ3n) is 5.43. The predicted molar refractivity (Wildman–Crippen MR) is 77.1 cm³/mol. The van der Waals surface area contributed by atoms with E-state index in [1.807, 2.05) is 4.90 Å². The average molecular weight is 299 g/mol. The minimum atomic E-state index is 0.0499. The van der Waals surface area contributed by atoms with Gasteiger partial charge in [0, 0.05) is 38.2 Å². The van der Waals surface area contributed by atoms with Crippen molar-refractivity contribution < 1.29 is 9.53 Å². The molecule has 1 amide bonds. The van der Waals surface area contributed by atoms with Crippen molar-refractivity contribution in [1.82, 2.24) is 24.9 Å². The molecule has 4 atom stereocenters. The van der Waals surface area contributed by atoms with Gasteiger partial charge in [0.05, 0.1) is 17.8 Å². The number of hydrogen-bond acceptors (Lipinski definition) is 5. The summed E-state index contributed by atoms with van der Waals surface area (Å²) < 4.78 is 7.57. The lowest BCUT2D eigenvalue weighted by molar-refractivity contribution is 0.0594. The van der Waals surface area contributed by atoms with Gasteiger partial charge in [0.25, 0.3) is 5.91 Å². The molecule has 2 bridgehead atoms. The molecule has 3 aliphatic heterocycles. The van der Waals surface area contributed by atoms with Crippen LogP contribution in [0.5, 0.6) is 0 Å². The zero-order valence-corrected chi connectivity index (χ0v) is 12.3. The van der Waals surface area contributed by atoms with Crippen molar-refractivity contribution >= 4 is 17.1 Å². The molecule has 0 saturated carbocycles. The zero-order valence-electron chi connectivity index (χ0n) is 12.3. The minimum absolute atomic E-state index is 0.0499. The molecule has 2 aromatic rings. The summed E-state index contributed by atoms with van der Waals surface area (Å²) in [5.74, 6) is 1.10. The van der Waals surface area contributed by atoms with Crippen LogP contribution >= 0.6 is 0 Å². The Morgan fingerprint density at radius 2 is 2.00 bits per heavy atom. The highest BCUT2D eigenvalue weighted by atomic mass is 16.5. The Labute approximate surface area is 127 Å².